The van der Waals surface area contributed by atoms with Crippen LogP contribution in [0.5, 0.6) is 0 Å². The molecule has 2 rings (SSSR count). The summed E-state index contributed by atoms with van der Waals surface area (Å²) in [5, 5.41) is 15.4. The van der Waals surface area contributed by atoms with Gasteiger partial charge in [-0.05, 0) is 104 Å². The summed E-state index contributed by atoms with van der Waals surface area (Å²) in [5.74, 6) is -1.55. The van der Waals surface area contributed by atoms with Crippen LogP contribution in [0.15, 0.2) is 28.4 Å². The number of aryl methyl sites for hydroxylation is 2. The molecule has 0 spiro atoms. The molecular formula is C33H52F3N5O4. The molecule has 1 aromatic rings. The molecule has 0 saturated heterocycles. The lowest BCUT2D eigenvalue weighted by molar-refractivity contribution is -0.141. The number of anilines is 1. The summed E-state index contributed by atoms with van der Waals surface area (Å²) >= 11 is 0. The van der Waals surface area contributed by atoms with Gasteiger partial charge in [-0.25, -0.2) is 9.78 Å². The third-order valence-electron chi connectivity index (χ3n) is 8.07. The van der Waals surface area contributed by atoms with Crippen LogP contribution >= 0.6 is 0 Å². The van der Waals surface area contributed by atoms with Gasteiger partial charge in [0, 0.05) is 31.5 Å². The molecule has 3 N–H and O–H groups in total. The number of carbonyl (C=O) groups excluding carboxylic acids is 1. The fraction of sp³-hybridized carbons (Fsp3) is 0.697. The Hall–Kier alpha value is -2.99. The van der Waals surface area contributed by atoms with Gasteiger partial charge in [-0.1, -0.05) is 19.4 Å². The van der Waals surface area contributed by atoms with Crippen molar-refractivity contribution < 1.29 is 32.6 Å². The number of allylic oxidation sites excluding steroid dienone is 1. The van der Waals surface area contributed by atoms with Crippen molar-refractivity contribution in [2.75, 3.05) is 38.6 Å². The van der Waals surface area contributed by atoms with Crippen molar-refractivity contribution in [1.82, 2.24) is 15.2 Å². The van der Waals surface area contributed by atoms with Crippen molar-refractivity contribution in [3.8, 4) is 0 Å². The molecule has 0 aromatic carbocycles. The highest BCUT2D eigenvalue weighted by Crippen LogP contribution is 2.31. The Morgan fingerprint density at radius 2 is 1.82 bits per heavy atom. The SMILES string of the molecule is CCc1ccc(CCCCN(CCOC(C)(C)C)CCC(NC(=O)/C(N=C(C)C2CCC2)=C(/C)C(F)(F)F)C(=O)O)nc1NC. The molecule has 0 radical (unpaired) electrons. The molecular weight excluding hydrogens is 587 g/mol. The highest BCUT2D eigenvalue weighted by Gasteiger charge is 2.36. The number of rotatable bonds is 18. The minimum Gasteiger partial charge on any atom is -0.480 e. The van der Waals surface area contributed by atoms with Crippen molar-refractivity contribution >= 4 is 23.4 Å². The van der Waals surface area contributed by atoms with E-state index in [0.717, 1.165) is 68.9 Å². The van der Waals surface area contributed by atoms with Gasteiger partial charge in [-0.15, -0.1) is 0 Å². The number of carbonyl (C=O) groups is 2. The summed E-state index contributed by atoms with van der Waals surface area (Å²) in [7, 11) is 1.85. The number of carboxylic acid groups (broad SMARTS) is 1. The topological polar surface area (TPSA) is 116 Å². The number of pyridine rings is 1. The van der Waals surface area contributed by atoms with Gasteiger partial charge < -0.3 is 25.4 Å². The van der Waals surface area contributed by atoms with E-state index in [-0.39, 0.29) is 17.9 Å². The number of aromatic nitrogens is 1. The van der Waals surface area contributed by atoms with E-state index < -0.39 is 35.4 Å². The first kappa shape index (κ1) is 38.2. The average Bonchev–Trinajstić information content (AvgIpc) is 2.92. The zero-order valence-corrected chi connectivity index (χ0v) is 27.9. The Bertz CT molecular complexity index is 1190. The first-order chi connectivity index (χ1) is 21.1. The largest absolute Gasteiger partial charge is 0.480 e. The maximum atomic E-state index is 13.6. The smallest absolute Gasteiger partial charge is 0.414 e. The van der Waals surface area contributed by atoms with E-state index in [4.69, 9.17) is 9.72 Å². The third kappa shape index (κ3) is 13.1. The summed E-state index contributed by atoms with van der Waals surface area (Å²) in [6, 6.07) is 2.73. The number of unbranched alkanes of at least 4 members (excludes halogenated alkanes) is 1. The molecule has 12 heteroatoms. The normalized spacial score (nSPS) is 15.8. The lowest BCUT2D eigenvalue weighted by Crippen LogP contribution is -2.44. The van der Waals surface area contributed by atoms with Gasteiger partial charge >= 0.3 is 12.1 Å². The molecule has 254 valence electrons. The zero-order chi connectivity index (χ0) is 33.8. The van der Waals surface area contributed by atoms with Gasteiger partial charge in [0.25, 0.3) is 5.91 Å². The number of alkyl halides is 3. The molecule has 45 heavy (non-hydrogen) atoms. The minimum atomic E-state index is -4.78. The van der Waals surface area contributed by atoms with Crippen molar-refractivity contribution in [1.29, 1.82) is 0 Å². The van der Waals surface area contributed by atoms with E-state index in [1.54, 1.807) is 6.92 Å². The van der Waals surface area contributed by atoms with E-state index in [9.17, 15) is 27.9 Å². The van der Waals surface area contributed by atoms with Crippen LogP contribution in [0.2, 0.25) is 0 Å². The first-order valence-electron chi connectivity index (χ1n) is 16.0. The second kappa shape index (κ2) is 17.6. The van der Waals surface area contributed by atoms with E-state index in [0.29, 0.717) is 32.0 Å². The summed E-state index contributed by atoms with van der Waals surface area (Å²) in [6.45, 7) is 12.3. The number of hydrogen-bond acceptors (Lipinski definition) is 7. The third-order valence-corrected chi connectivity index (χ3v) is 8.07. The van der Waals surface area contributed by atoms with Crippen LogP contribution < -0.4 is 10.6 Å². The summed E-state index contributed by atoms with van der Waals surface area (Å²) in [5.41, 5.74) is 0.316. The van der Waals surface area contributed by atoms with Gasteiger partial charge in [0.1, 0.15) is 17.6 Å². The molecule has 1 atom stereocenters. The Morgan fingerprint density at radius 3 is 2.36 bits per heavy atom. The van der Waals surface area contributed by atoms with Crippen LogP contribution in [0, 0.1) is 5.92 Å². The molecule has 9 nitrogen and oxygen atoms in total. The van der Waals surface area contributed by atoms with Gasteiger partial charge in [0.15, 0.2) is 0 Å². The lowest BCUT2D eigenvalue weighted by Gasteiger charge is -2.27. The molecule has 1 amide bonds. The zero-order valence-electron chi connectivity index (χ0n) is 27.9. The predicted molar refractivity (Wildman–Crippen MR) is 172 cm³/mol. The maximum Gasteiger partial charge on any atom is 0.414 e. The Labute approximate surface area is 266 Å². The van der Waals surface area contributed by atoms with Crippen molar-refractivity contribution in [2.24, 2.45) is 10.9 Å². The van der Waals surface area contributed by atoms with Crippen molar-refractivity contribution in [3.05, 3.63) is 34.7 Å². The van der Waals surface area contributed by atoms with Gasteiger partial charge in [0.2, 0.25) is 0 Å². The van der Waals surface area contributed by atoms with Crippen molar-refractivity contribution in [2.45, 2.75) is 111 Å². The van der Waals surface area contributed by atoms with Crippen LogP contribution in [0.25, 0.3) is 0 Å². The number of nitrogens with one attached hydrogen (secondary N) is 2. The molecule has 1 saturated carbocycles. The molecule has 0 bridgehead atoms. The van der Waals surface area contributed by atoms with E-state index in [1.165, 1.54) is 0 Å². The molecule has 1 heterocycles. The number of halogens is 3. The number of hydrogen-bond donors (Lipinski definition) is 3. The Kier molecular flexibility index (Phi) is 15.0. The Balaban J connectivity index is 2.09. The summed E-state index contributed by atoms with van der Waals surface area (Å²) < 4.78 is 46.8. The Morgan fingerprint density at radius 1 is 1.13 bits per heavy atom. The van der Waals surface area contributed by atoms with Crippen LogP contribution in [0.1, 0.15) is 91.3 Å². The van der Waals surface area contributed by atoms with E-state index in [1.807, 2.05) is 33.9 Å². The summed E-state index contributed by atoms with van der Waals surface area (Å²) in [4.78, 5) is 36.1. The molecule has 1 aromatic heterocycles. The van der Waals surface area contributed by atoms with Crippen LogP contribution in [-0.4, -0.2) is 83.7 Å². The van der Waals surface area contributed by atoms with Gasteiger partial charge in [-0.3, -0.25) is 9.79 Å². The number of carboxylic acids is 1. The van der Waals surface area contributed by atoms with Crippen LogP contribution in [0.4, 0.5) is 19.0 Å². The quantitative estimate of drug-likeness (QED) is 0.0998. The van der Waals surface area contributed by atoms with E-state index in [2.05, 4.69) is 33.5 Å². The minimum absolute atomic E-state index is 0.00578. The van der Waals surface area contributed by atoms with Crippen LogP contribution in [0.3, 0.4) is 0 Å². The average molecular weight is 640 g/mol. The molecule has 1 aliphatic rings. The first-order valence-corrected chi connectivity index (χ1v) is 16.0. The van der Waals surface area contributed by atoms with E-state index >= 15 is 0 Å². The number of nitrogens with zero attached hydrogens (tertiary/aromatic N) is 3. The fourth-order valence-corrected chi connectivity index (χ4v) is 4.96. The number of amides is 1. The molecule has 1 aliphatic carbocycles. The highest BCUT2D eigenvalue weighted by atomic mass is 19.4. The molecule has 0 aliphatic heterocycles. The number of ether oxygens (including phenoxy) is 1. The maximum absolute atomic E-state index is 13.6. The second-order valence-corrected chi connectivity index (χ2v) is 12.7. The molecule has 1 fully saturated rings. The van der Waals surface area contributed by atoms with Gasteiger partial charge in [0.05, 0.1) is 17.8 Å². The van der Waals surface area contributed by atoms with Crippen molar-refractivity contribution in [3.63, 3.8) is 0 Å². The highest BCUT2D eigenvalue weighted by molar-refractivity contribution is 5.99. The van der Waals surface area contributed by atoms with Gasteiger partial charge in [-0.2, -0.15) is 13.2 Å². The molecule has 1 unspecified atom stereocenters. The monoisotopic (exact) mass is 639 g/mol. The number of aliphatic imine (C=N–C) groups is 1. The second-order valence-electron chi connectivity index (χ2n) is 12.7. The standard InChI is InChI=1S/C33H52F3N5O4/c1-8-24-15-16-26(39-29(24)37-7)14-9-10-18-41(20-21-45-32(4,5)6)19-17-27(31(43)44)40-30(42)28(22(2)33(34,35)36)38-23(3)25-12-11-13-25/h15-16,25,27H,8-14,17-21H2,1-7H3,(H,37,39)(H,40,42)(H,43,44)/b28-22+,38-23?. The predicted octanol–water partition coefficient (Wildman–Crippen LogP) is 6.18. The van der Waals surface area contributed by atoms with Crippen LogP contribution in [-0.2, 0) is 27.2 Å². The lowest BCUT2D eigenvalue weighted by atomic mass is 9.82. The number of aliphatic carboxylic acids is 1. The fourth-order valence-electron chi connectivity index (χ4n) is 4.96. The summed E-state index contributed by atoms with van der Waals surface area (Å²) in [6.07, 6.45) is 1.15.